The fourth-order valence-corrected chi connectivity index (χ4v) is 7.16. The molecule has 3 saturated heterocycles. The number of aryl methyl sites for hydroxylation is 1. The van der Waals surface area contributed by atoms with Gasteiger partial charge in [-0.2, -0.15) is 9.97 Å². The van der Waals surface area contributed by atoms with Crippen molar-refractivity contribution in [1.82, 2.24) is 19.9 Å². The Morgan fingerprint density at radius 2 is 1.95 bits per heavy atom. The number of rotatable bonds is 6. The molecule has 2 atom stereocenters. The SMILES string of the molecule is CCc1c(F)ccc2cc(O)cc(-c3ncc4c(N5CCC(=O)CC5)nc(OC[C@@]56CCCN5C[C@H](F)C6)nc4c3F)c12. The Morgan fingerprint density at radius 3 is 2.74 bits per heavy atom. The van der Waals surface area contributed by atoms with Crippen molar-refractivity contribution in [3.05, 3.63) is 47.7 Å². The van der Waals surface area contributed by atoms with E-state index in [0.717, 1.165) is 19.4 Å². The highest BCUT2D eigenvalue weighted by molar-refractivity contribution is 6.02. The summed E-state index contributed by atoms with van der Waals surface area (Å²) in [4.78, 5) is 29.6. The zero-order valence-corrected chi connectivity index (χ0v) is 23.9. The number of nitrogens with zero attached hydrogens (tertiary/aromatic N) is 5. The fourth-order valence-electron chi connectivity index (χ4n) is 7.16. The van der Waals surface area contributed by atoms with Crippen LogP contribution in [-0.4, -0.2) is 75.2 Å². The van der Waals surface area contributed by atoms with Gasteiger partial charge in [0.2, 0.25) is 0 Å². The molecule has 0 radical (unpaired) electrons. The summed E-state index contributed by atoms with van der Waals surface area (Å²) >= 11 is 0. The first-order valence-electron chi connectivity index (χ1n) is 14.9. The first-order chi connectivity index (χ1) is 20.8. The number of hydrogen-bond donors (Lipinski definition) is 1. The summed E-state index contributed by atoms with van der Waals surface area (Å²) < 4.78 is 52.0. The van der Waals surface area contributed by atoms with Crippen molar-refractivity contribution in [2.24, 2.45) is 0 Å². The van der Waals surface area contributed by atoms with Gasteiger partial charge in [-0.25, -0.2) is 13.2 Å². The molecule has 0 unspecified atom stereocenters. The molecule has 43 heavy (non-hydrogen) atoms. The van der Waals surface area contributed by atoms with Gasteiger partial charge < -0.3 is 14.7 Å². The number of alkyl halides is 1. The molecule has 3 aliphatic heterocycles. The van der Waals surface area contributed by atoms with Crippen LogP contribution in [-0.2, 0) is 11.2 Å². The van der Waals surface area contributed by atoms with E-state index >= 15 is 4.39 Å². The van der Waals surface area contributed by atoms with Crippen LogP contribution < -0.4 is 9.64 Å². The van der Waals surface area contributed by atoms with Gasteiger partial charge in [-0.1, -0.05) is 13.0 Å². The minimum atomic E-state index is -0.927. The van der Waals surface area contributed by atoms with Gasteiger partial charge in [0.05, 0.1) is 10.9 Å². The largest absolute Gasteiger partial charge is 0.508 e. The molecule has 4 aromatic rings. The zero-order valence-electron chi connectivity index (χ0n) is 23.9. The van der Waals surface area contributed by atoms with Gasteiger partial charge in [0, 0.05) is 50.7 Å². The number of ether oxygens (including phenoxy) is 1. The highest BCUT2D eigenvalue weighted by Gasteiger charge is 2.49. The van der Waals surface area contributed by atoms with E-state index in [1.807, 2.05) is 11.8 Å². The Morgan fingerprint density at radius 1 is 1.14 bits per heavy atom. The second kappa shape index (κ2) is 10.6. The molecule has 8 nitrogen and oxygen atoms in total. The molecule has 1 N–H and O–H groups in total. The average molecular weight is 592 g/mol. The monoisotopic (exact) mass is 591 g/mol. The fraction of sp³-hybridized carbons (Fsp3) is 0.438. The third-order valence-electron chi connectivity index (χ3n) is 9.26. The van der Waals surface area contributed by atoms with Crippen molar-refractivity contribution in [2.75, 3.05) is 37.7 Å². The van der Waals surface area contributed by atoms with Gasteiger partial charge in [0.1, 0.15) is 47.2 Å². The lowest BCUT2D eigenvalue weighted by Gasteiger charge is -2.31. The van der Waals surface area contributed by atoms with E-state index in [-0.39, 0.29) is 40.9 Å². The number of phenols is 1. The second-order valence-electron chi connectivity index (χ2n) is 11.9. The summed E-state index contributed by atoms with van der Waals surface area (Å²) in [6.45, 7) is 3.98. The Hall–Kier alpha value is -3.99. The maximum Gasteiger partial charge on any atom is 0.319 e. The second-order valence-corrected chi connectivity index (χ2v) is 11.9. The number of halogens is 3. The number of ketones is 1. The molecule has 7 rings (SSSR count). The first kappa shape index (κ1) is 27.8. The van der Waals surface area contributed by atoms with Crippen molar-refractivity contribution < 1.29 is 27.8 Å². The number of hydrogen-bond acceptors (Lipinski definition) is 8. The number of anilines is 1. The Kier molecular flexibility index (Phi) is 6.87. The van der Waals surface area contributed by atoms with Crippen LogP contribution in [0.25, 0.3) is 32.9 Å². The highest BCUT2D eigenvalue weighted by atomic mass is 19.1. The number of benzene rings is 2. The minimum Gasteiger partial charge on any atom is -0.508 e. The predicted molar refractivity (Wildman–Crippen MR) is 156 cm³/mol. The van der Waals surface area contributed by atoms with Crippen molar-refractivity contribution in [2.45, 2.75) is 57.2 Å². The van der Waals surface area contributed by atoms with Gasteiger partial charge >= 0.3 is 6.01 Å². The molecule has 2 aromatic carbocycles. The van der Waals surface area contributed by atoms with Crippen LogP contribution in [0.15, 0.2) is 30.5 Å². The van der Waals surface area contributed by atoms with Crippen LogP contribution in [0, 0.1) is 11.6 Å². The zero-order chi connectivity index (χ0) is 29.9. The van der Waals surface area contributed by atoms with Gasteiger partial charge in [-0.15, -0.1) is 0 Å². The number of pyridine rings is 1. The van der Waals surface area contributed by atoms with E-state index < -0.39 is 23.3 Å². The van der Waals surface area contributed by atoms with E-state index in [1.54, 1.807) is 6.07 Å². The summed E-state index contributed by atoms with van der Waals surface area (Å²) in [5.41, 5.74) is 0.0659. The van der Waals surface area contributed by atoms with Crippen LogP contribution >= 0.6 is 0 Å². The Bertz CT molecular complexity index is 1760. The number of aromatic hydroxyl groups is 1. The minimum absolute atomic E-state index is 0.0385. The topological polar surface area (TPSA) is 91.7 Å². The van der Waals surface area contributed by atoms with Crippen LogP contribution in [0.5, 0.6) is 11.8 Å². The molecule has 3 fully saturated rings. The molecule has 3 aliphatic rings. The molecule has 0 spiro atoms. The summed E-state index contributed by atoms with van der Waals surface area (Å²) in [6.07, 6.45) is 3.70. The van der Waals surface area contributed by atoms with E-state index in [1.165, 1.54) is 24.4 Å². The molecule has 2 aromatic heterocycles. The van der Waals surface area contributed by atoms with Crippen LogP contribution in [0.4, 0.5) is 19.0 Å². The lowest BCUT2D eigenvalue weighted by molar-refractivity contribution is -0.119. The van der Waals surface area contributed by atoms with Crippen LogP contribution in [0.2, 0.25) is 0 Å². The molecule has 0 saturated carbocycles. The highest BCUT2D eigenvalue weighted by Crippen LogP contribution is 2.42. The molecule has 5 heterocycles. The summed E-state index contributed by atoms with van der Waals surface area (Å²) in [5.74, 6) is -0.739. The summed E-state index contributed by atoms with van der Waals surface area (Å²) in [6, 6.07) is 5.74. The smallest absolute Gasteiger partial charge is 0.319 e. The molecular formula is C32H32F3N5O3. The van der Waals surface area contributed by atoms with E-state index in [2.05, 4.69) is 19.9 Å². The quantitative estimate of drug-likeness (QED) is 0.314. The third-order valence-corrected chi connectivity index (χ3v) is 9.26. The Labute approximate surface area is 246 Å². The van der Waals surface area contributed by atoms with Crippen molar-refractivity contribution in [3.63, 3.8) is 0 Å². The predicted octanol–water partition coefficient (Wildman–Crippen LogP) is 5.52. The number of fused-ring (bicyclic) bond motifs is 3. The summed E-state index contributed by atoms with van der Waals surface area (Å²) in [7, 11) is 0. The first-order valence-corrected chi connectivity index (χ1v) is 14.9. The van der Waals surface area contributed by atoms with Crippen molar-refractivity contribution in [3.8, 4) is 23.0 Å². The van der Waals surface area contributed by atoms with Gasteiger partial charge in [0.15, 0.2) is 5.82 Å². The van der Waals surface area contributed by atoms with Crippen molar-refractivity contribution >= 4 is 33.3 Å². The molecule has 224 valence electrons. The average Bonchev–Trinajstić information content (AvgIpc) is 3.52. The van der Waals surface area contributed by atoms with Gasteiger partial charge in [-0.05, 0) is 60.3 Å². The van der Waals surface area contributed by atoms with Gasteiger partial charge in [-0.3, -0.25) is 14.7 Å². The number of phenolic OH excluding ortho intramolecular Hbond substituents is 1. The lowest BCUT2D eigenvalue weighted by atomic mass is 9.94. The number of Topliss-reactive ketones (excluding diaryl/α,β-unsaturated/α-hetero) is 1. The molecular weight excluding hydrogens is 559 g/mol. The maximum atomic E-state index is 16.6. The summed E-state index contributed by atoms with van der Waals surface area (Å²) in [5, 5.41) is 11.9. The van der Waals surface area contributed by atoms with E-state index in [9.17, 15) is 18.7 Å². The normalized spacial score (nSPS) is 22.6. The van der Waals surface area contributed by atoms with Crippen LogP contribution in [0.1, 0.15) is 44.6 Å². The molecule has 0 amide bonds. The molecule has 0 aliphatic carbocycles. The molecule has 0 bridgehead atoms. The van der Waals surface area contributed by atoms with Crippen LogP contribution in [0.3, 0.4) is 0 Å². The third kappa shape index (κ3) is 4.74. The lowest BCUT2D eigenvalue weighted by Crippen LogP contribution is -2.43. The van der Waals surface area contributed by atoms with E-state index in [0.29, 0.717) is 72.9 Å². The standard InChI is InChI=1S/C32H32F3N5O3/c1-2-22-25(34)5-4-18-12-21(42)13-23(26(18)22)28-27(35)29-24(15-36-28)30(39-10-6-20(41)7-11-39)38-31(37-29)43-17-32-8-3-9-40(32)16-19(33)14-32/h4-5,12-13,15,19,42H,2-3,6-11,14,16-17H2,1H3/t19-,32+/m1/s1. The maximum absolute atomic E-state index is 16.6. The number of carbonyl (C=O) groups excluding carboxylic acids is 1. The van der Waals surface area contributed by atoms with E-state index in [4.69, 9.17) is 4.74 Å². The molecule has 11 heteroatoms. The number of aromatic nitrogens is 3. The number of piperidine rings is 1. The van der Waals surface area contributed by atoms with Gasteiger partial charge in [0.25, 0.3) is 0 Å². The Balaban J connectivity index is 1.37. The number of carbonyl (C=O) groups is 1. The van der Waals surface area contributed by atoms with Crippen molar-refractivity contribution in [1.29, 1.82) is 0 Å².